The van der Waals surface area contributed by atoms with Crippen LogP contribution in [0.25, 0.3) is 11.1 Å². The molecule has 90 valence electrons. The Hall–Kier alpha value is -0.830. The normalized spacial score (nSPS) is 17.1. The van der Waals surface area contributed by atoms with Crippen molar-refractivity contribution < 1.29 is 4.42 Å². The Morgan fingerprint density at radius 3 is 2.71 bits per heavy atom. The van der Waals surface area contributed by atoms with E-state index in [-0.39, 0.29) is 0 Å². The van der Waals surface area contributed by atoms with Gasteiger partial charge in [0.05, 0.1) is 0 Å². The van der Waals surface area contributed by atoms with Crippen molar-refractivity contribution in [2.45, 2.75) is 45.4 Å². The van der Waals surface area contributed by atoms with Crippen LogP contribution >= 0.6 is 15.9 Å². The first-order valence-electron chi connectivity index (χ1n) is 6.23. The van der Waals surface area contributed by atoms with Crippen LogP contribution in [0.4, 0.5) is 0 Å². The molecular weight excluding hydrogens is 278 g/mol. The number of hydrogen-bond acceptors (Lipinski definition) is 2. The molecule has 0 amide bonds. The predicted octanol–water partition coefficient (Wildman–Crippen LogP) is 4.86. The Kier molecular flexibility index (Phi) is 2.74. The molecule has 1 saturated carbocycles. The van der Waals surface area contributed by atoms with Gasteiger partial charge in [0, 0.05) is 10.4 Å². The topological polar surface area (TPSA) is 26.0 Å². The van der Waals surface area contributed by atoms with Gasteiger partial charge in [0.15, 0.2) is 11.5 Å². The van der Waals surface area contributed by atoms with Crippen LogP contribution in [-0.2, 0) is 0 Å². The molecule has 2 aromatic rings. The van der Waals surface area contributed by atoms with Crippen molar-refractivity contribution in [2.75, 3.05) is 0 Å². The molecule has 0 saturated heterocycles. The second-order valence-electron chi connectivity index (χ2n) is 5.01. The molecule has 1 aliphatic rings. The SMILES string of the molecule is Cc1cc2oc(C3CCCC3)nc2c(C)c1Br. The molecule has 0 atom stereocenters. The summed E-state index contributed by atoms with van der Waals surface area (Å²) in [7, 11) is 0. The molecule has 0 bridgehead atoms. The molecule has 0 unspecified atom stereocenters. The van der Waals surface area contributed by atoms with E-state index in [2.05, 4.69) is 35.8 Å². The van der Waals surface area contributed by atoms with Gasteiger partial charge in [-0.1, -0.05) is 28.8 Å². The lowest BCUT2D eigenvalue weighted by atomic mass is 10.1. The van der Waals surface area contributed by atoms with Gasteiger partial charge >= 0.3 is 0 Å². The summed E-state index contributed by atoms with van der Waals surface area (Å²) in [6.07, 6.45) is 5.08. The maximum atomic E-state index is 5.94. The Balaban J connectivity index is 2.15. The van der Waals surface area contributed by atoms with E-state index >= 15 is 0 Å². The smallest absolute Gasteiger partial charge is 0.198 e. The highest BCUT2D eigenvalue weighted by atomic mass is 79.9. The molecule has 3 heteroatoms. The van der Waals surface area contributed by atoms with Gasteiger partial charge in [0.25, 0.3) is 0 Å². The van der Waals surface area contributed by atoms with Crippen molar-refractivity contribution >= 4 is 27.0 Å². The fourth-order valence-corrected chi connectivity index (χ4v) is 3.02. The number of oxazole rings is 1. The van der Waals surface area contributed by atoms with Crippen LogP contribution in [0, 0.1) is 13.8 Å². The number of hydrogen-bond donors (Lipinski definition) is 0. The maximum Gasteiger partial charge on any atom is 0.198 e. The van der Waals surface area contributed by atoms with Gasteiger partial charge in [-0.3, -0.25) is 0 Å². The Morgan fingerprint density at radius 2 is 2.00 bits per heavy atom. The first-order chi connectivity index (χ1) is 8.16. The van der Waals surface area contributed by atoms with Crippen molar-refractivity contribution in [3.63, 3.8) is 0 Å². The van der Waals surface area contributed by atoms with Crippen LogP contribution in [0.1, 0.15) is 48.6 Å². The lowest BCUT2D eigenvalue weighted by Crippen LogP contribution is -1.91. The van der Waals surface area contributed by atoms with Gasteiger partial charge in [-0.25, -0.2) is 4.98 Å². The molecule has 1 aromatic carbocycles. The van der Waals surface area contributed by atoms with Crippen molar-refractivity contribution in [2.24, 2.45) is 0 Å². The minimum absolute atomic E-state index is 0.542. The van der Waals surface area contributed by atoms with Crippen LogP contribution in [0.3, 0.4) is 0 Å². The lowest BCUT2D eigenvalue weighted by molar-refractivity contribution is 0.474. The molecule has 3 rings (SSSR count). The van der Waals surface area contributed by atoms with Crippen molar-refractivity contribution in [1.82, 2.24) is 4.98 Å². The van der Waals surface area contributed by atoms with E-state index in [1.807, 2.05) is 0 Å². The quantitative estimate of drug-likeness (QED) is 0.750. The van der Waals surface area contributed by atoms with Crippen LogP contribution in [-0.4, -0.2) is 4.98 Å². The van der Waals surface area contributed by atoms with Gasteiger partial charge in [0.2, 0.25) is 0 Å². The first-order valence-corrected chi connectivity index (χ1v) is 7.02. The fraction of sp³-hybridized carbons (Fsp3) is 0.500. The summed E-state index contributed by atoms with van der Waals surface area (Å²) < 4.78 is 7.09. The third kappa shape index (κ3) is 1.81. The molecular formula is C14H16BrNO. The van der Waals surface area contributed by atoms with Crippen LogP contribution in [0.2, 0.25) is 0 Å². The van der Waals surface area contributed by atoms with Gasteiger partial charge < -0.3 is 4.42 Å². The molecule has 2 nitrogen and oxygen atoms in total. The number of aryl methyl sites for hydroxylation is 2. The van der Waals surface area contributed by atoms with E-state index < -0.39 is 0 Å². The fourth-order valence-electron chi connectivity index (χ4n) is 2.72. The van der Waals surface area contributed by atoms with Crippen molar-refractivity contribution in [3.8, 4) is 0 Å². The molecule has 1 aliphatic carbocycles. The third-order valence-corrected chi connectivity index (χ3v) is 4.97. The van der Waals surface area contributed by atoms with Crippen LogP contribution < -0.4 is 0 Å². The average molecular weight is 294 g/mol. The van der Waals surface area contributed by atoms with Gasteiger partial charge in [-0.15, -0.1) is 0 Å². The summed E-state index contributed by atoms with van der Waals surface area (Å²) in [6, 6.07) is 2.08. The molecule has 0 spiro atoms. The zero-order valence-electron chi connectivity index (χ0n) is 10.2. The average Bonchev–Trinajstić information content (AvgIpc) is 2.93. The summed E-state index contributed by atoms with van der Waals surface area (Å²) in [5.74, 6) is 1.49. The summed E-state index contributed by atoms with van der Waals surface area (Å²) in [5.41, 5.74) is 4.35. The summed E-state index contributed by atoms with van der Waals surface area (Å²) in [4.78, 5) is 4.70. The standard InChI is InChI=1S/C14H16BrNO/c1-8-7-11-13(9(2)12(8)15)16-14(17-11)10-5-3-4-6-10/h7,10H,3-6H2,1-2H3. The summed E-state index contributed by atoms with van der Waals surface area (Å²) in [6.45, 7) is 4.19. The van der Waals surface area contributed by atoms with Gasteiger partial charge in [-0.05, 0) is 43.9 Å². The molecule has 1 aromatic heterocycles. The highest BCUT2D eigenvalue weighted by Gasteiger charge is 2.23. The van der Waals surface area contributed by atoms with Gasteiger partial charge in [-0.2, -0.15) is 0 Å². The molecule has 1 heterocycles. The lowest BCUT2D eigenvalue weighted by Gasteiger charge is -2.01. The molecule has 0 N–H and O–H groups in total. The summed E-state index contributed by atoms with van der Waals surface area (Å²) >= 11 is 3.61. The number of benzene rings is 1. The van der Waals surface area contributed by atoms with Crippen molar-refractivity contribution in [1.29, 1.82) is 0 Å². The first kappa shape index (κ1) is 11.3. The van der Waals surface area contributed by atoms with E-state index in [1.165, 1.54) is 36.8 Å². The predicted molar refractivity (Wildman–Crippen MR) is 72.4 cm³/mol. The molecule has 0 aliphatic heterocycles. The Morgan fingerprint density at radius 1 is 1.29 bits per heavy atom. The number of fused-ring (bicyclic) bond motifs is 1. The van der Waals surface area contributed by atoms with Crippen molar-refractivity contribution in [3.05, 3.63) is 27.6 Å². The number of halogens is 1. The zero-order chi connectivity index (χ0) is 12.0. The largest absolute Gasteiger partial charge is 0.440 e. The van der Waals surface area contributed by atoms with E-state index in [4.69, 9.17) is 9.40 Å². The number of aromatic nitrogens is 1. The minimum atomic E-state index is 0.542. The van der Waals surface area contributed by atoms with Gasteiger partial charge in [0.1, 0.15) is 5.52 Å². The Bertz CT molecular complexity index is 567. The van der Waals surface area contributed by atoms with E-state index in [0.717, 1.165) is 21.5 Å². The second-order valence-corrected chi connectivity index (χ2v) is 5.81. The third-order valence-electron chi connectivity index (χ3n) is 3.75. The Labute approximate surface area is 110 Å². The number of rotatable bonds is 1. The second kappa shape index (κ2) is 4.13. The highest BCUT2D eigenvalue weighted by molar-refractivity contribution is 9.10. The zero-order valence-corrected chi connectivity index (χ0v) is 11.8. The van der Waals surface area contributed by atoms with E-state index in [0.29, 0.717) is 5.92 Å². The minimum Gasteiger partial charge on any atom is -0.440 e. The van der Waals surface area contributed by atoms with E-state index in [1.54, 1.807) is 0 Å². The van der Waals surface area contributed by atoms with Crippen LogP contribution in [0.15, 0.2) is 15.0 Å². The highest BCUT2D eigenvalue weighted by Crippen LogP contribution is 2.37. The summed E-state index contributed by atoms with van der Waals surface area (Å²) in [5, 5.41) is 0. The molecule has 17 heavy (non-hydrogen) atoms. The van der Waals surface area contributed by atoms with Crippen LogP contribution in [0.5, 0.6) is 0 Å². The number of nitrogens with zero attached hydrogens (tertiary/aromatic N) is 1. The molecule has 1 fully saturated rings. The molecule has 0 radical (unpaired) electrons. The van der Waals surface area contributed by atoms with E-state index in [9.17, 15) is 0 Å². The monoisotopic (exact) mass is 293 g/mol. The maximum absolute atomic E-state index is 5.94.